The third-order valence-corrected chi connectivity index (χ3v) is 11.1. The van der Waals surface area contributed by atoms with Crippen LogP contribution >= 0.6 is 0 Å². The van der Waals surface area contributed by atoms with Gasteiger partial charge in [0, 0.05) is 27.1 Å². The van der Waals surface area contributed by atoms with Crippen molar-refractivity contribution in [1.82, 2.24) is 9.13 Å². The highest BCUT2D eigenvalue weighted by Crippen LogP contribution is 2.45. The Morgan fingerprint density at radius 2 is 0.930 bits per heavy atom. The minimum atomic E-state index is -4.63. The van der Waals surface area contributed by atoms with Crippen molar-refractivity contribution in [2.45, 2.75) is 13.1 Å². The molecular weight excluding hydrogens is 712 g/mol. The quantitative estimate of drug-likeness (QED) is 0.173. The van der Waals surface area contributed by atoms with Gasteiger partial charge in [0.25, 0.3) is 0 Å². The minimum absolute atomic E-state index is 0.0278. The second-order valence-electron chi connectivity index (χ2n) is 14.4. The molecule has 0 fully saturated rings. The van der Waals surface area contributed by atoms with Gasteiger partial charge in [-0.05, 0) is 89.3 Å². The molecule has 0 N–H and O–H groups in total. The molecule has 10 aromatic rings. The Balaban J connectivity index is 1.29. The third kappa shape index (κ3) is 5.58. The Kier molecular flexibility index (Phi) is 7.88. The smallest absolute Gasteiger partial charge is 0.309 e. The molecule has 0 bridgehead atoms. The van der Waals surface area contributed by atoms with Crippen LogP contribution in [0.5, 0.6) is 0 Å². The van der Waals surface area contributed by atoms with Crippen LogP contribution in [0.25, 0.3) is 88.4 Å². The fraction of sp³-hybridized carbons (Fsp3) is 0.0392. The van der Waals surface area contributed by atoms with E-state index in [1.54, 1.807) is 18.2 Å². The molecule has 0 aliphatic heterocycles. The Bertz CT molecular complexity index is 3230. The lowest BCUT2D eigenvalue weighted by Crippen LogP contribution is -2.09. The summed E-state index contributed by atoms with van der Waals surface area (Å²) in [5.74, 6) is 0. The van der Waals surface area contributed by atoms with E-state index in [4.69, 9.17) is 0 Å². The molecule has 0 aliphatic rings. The van der Waals surface area contributed by atoms with Gasteiger partial charge in [0.1, 0.15) is 6.07 Å². The number of halogens is 3. The zero-order valence-electron chi connectivity index (χ0n) is 30.7. The SMILES string of the molecule is Cc1ccc(-c2ccc3c(c2)c2ccccc2n3-c2cc(-c3ccccc3C(F)(F)F)c(-n3c4ccccc4c4cc(-c5ccccc5)ccc43)cc2C#N)cc1. The van der Waals surface area contributed by atoms with E-state index in [2.05, 4.69) is 73.7 Å². The highest BCUT2D eigenvalue weighted by molar-refractivity contribution is 6.12. The maximum Gasteiger partial charge on any atom is 0.417 e. The van der Waals surface area contributed by atoms with Crippen molar-refractivity contribution in [1.29, 1.82) is 5.26 Å². The Labute approximate surface area is 326 Å². The van der Waals surface area contributed by atoms with Gasteiger partial charge in [0.2, 0.25) is 0 Å². The summed E-state index contributed by atoms with van der Waals surface area (Å²) in [6.07, 6.45) is -4.63. The maximum absolute atomic E-state index is 15.0. The second-order valence-corrected chi connectivity index (χ2v) is 14.4. The number of nitriles is 1. The van der Waals surface area contributed by atoms with Crippen LogP contribution in [0, 0.1) is 18.3 Å². The molecule has 8 aromatic carbocycles. The zero-order chi connectivity index (χ0) is 38.8. The number of alkyl halides is 3. The van der Waals surface area contributed by atoms with E-state index in [0.29, 0.717) is 22.5 Å². The van der Waals surface area contributed by atoms with Crippen LogP contribution in [0.4, 0.5) is 13.2 Å². The molecule has 272 valence electrons. The summed E-state index contributed by atoms with van der Waals surface area (Å²) in [5.41, 5.74) is 9.64. The van der Waals surface area contributed by atoms with Crippen LogP contribution < -0.4 is 0 Å². The fourth-order valence-corrected chi connectivity index (χ4v) is 8.42. The van der Waals surface area contributed by atoms with Crippen molar-refractivity contribution in [3.63, 3.8) is 0 Å². The van der Waals surface area contributed by atoms with E-state index in [0.717, 1.165) is 71.9 Å². The highest BCUT2D eigenvalue weighted by atomic mass is 19.4. The predicted octanol–water partition coefficient (Wildman–Crippen LogP) is 14.1. The van der Waals surface area contributed by atoms with Crippen molar-refractivity contribution in [2.75, 3.05) is 0 Å². The van der Waals surface area contributed by atoms with Gasteiger partial charge in [-0.15, -0.1) is 0 Å². The maximum atomic E-state index is 15.0. The Hall–Kier alpha value is -7.36. The van der Waals surface area contributed by atoms with Gasteiger partial charge in [-0.1, -0.05) is 127 Å². The number of aromatic nitrogens is 2. The molecule has 6 heteroatoms. The van der Waals surface area contributed by atoms with E-state index >= 15 is 0 Å². The number of hydrogen-bond donors (Lipinski definition) is 0. The van der Waals surface area contributed by atoms with Crippen LogP contribution in [0.2, 0.25) is 0 Å². The molecule has 10 rings (SSSR count). The summed E-state index contributed by atoms with van der Waals surface area (Å²) in [7, 11) is 0. The van der Waals surface area contributed by atoms with Crippen molar-refractivity contribution >= 4 is 43.6 Å². The van der Waals surface area contributed by atoms with Crippen LogP contribution in [0.1, 0.15) is 16.7 Å². The van der Waals surface area contributed by atoms with E-state index in [9.17, 15) is 18.4 Å². The zero-order valence-corrected chi connectivity index (χ0v) is 30.7. The molecule has 0 radical (unpaired) electrons. The van der Waals surface area contributed by atoms with Gasteiger partial charge in [-0.3, -0.25) is 0 Å². The van der Waals surface area contributed by atoms with E-state index in [1.165, 1.54) is 17.7 Å². The van der Waals surface area contributed by atoms with Crippen molar-refractivity contribution in [2.24, 2.45) is 0 Å². The van der Waals surface area contributed by atoms with Gasteiger partial charge in [-0.25, -0.2) is 0 Å². The largest absolute Gasteiger partial charge is 0.417 e. The average molecular weight is 744 g/mol. The summed E-state index contributed by atoms with van der Waals surface area (Å²) in [5, 5.41) is 14.8. The summed E-state index contributed by atoms with van der Waals surface area (Å²) < 4.78 is 49.0. The number of aryl methyl sites for hydroxylation is 1. The lowest BCUT2D eigenvalue weighted by Gasteiger charge is -2.21. The normalized spacial score (nSPS) is 11.8. The van der Waals surface area contributed by atoms with E-state index in [-0.39, 0.29) is 5.56 Å². The van der Waals surface area contributed by atoms with Crippen LogP contribution in [-0.4, -0.2) is 9.13 Å². The second kappa shape index (κ2) is 13.1. The average Bonchev–Trinajstić information content (AvgIpc) is 3.75. The molecule has 3 nitrogen and oxygen atoms in total. The van der Waals surface area contributed by atoms with Crippen LogP contribution in [0.3, 0.4) is 0 Å². The molecule has 0 saturated carbocycles. The first-order valence-corrected chi connectivity index (χ1v) is 18.7. The van der Waals surface area contributed by atoms with Crippen LogP contribution in [0.15, 0.2) is 176 Å². The number of nitrogens with zero attached hydrogens (tertiary/aromatic N) is 3. The minimum Gasteiger partial charge on any atom is -0.309 e. The molecule has 57 heavy (non-hydrogen) atoms. The molecular formula is C51H32F3N3. The number of hydrogen-bond acceptors (Lipinski definition) is 1. The number of fused-ring (bicyclic) bond motifs is 6. The van der Waals surface area contributed by atoms with E-state index < -0.39 is 11.7 Å². The predicted molar refractivity (Wildman–Crippen MR) is 226 cm³/mol. The van der Waals surface area contributed by atoms with Gasteiger partial charge in [-0.2, -0.15) is 18.4 Å². The first-order chi connectivity index (χ1) is 27.8. The molecule has 2 heterocycles. The number of benzene rings is 8. The summed E-state index contributed by atoms with van der Waals surface area (Å²) in [6.45, 7) is 2.06. The molecule has 0 saturated heterocycles. The third-order valence-electron chi connectivity index (χ3n) is 11.1. The topological polar surface area (TPSA) is 33.6 Å². The first-order valence-electron chi connectivity index (χ1n) is 18.7. The summed E-state index contributed by atoms with van der Waals surface area (Å²) >= 11 is 0. The fourth-order valence-electron chi connectivity index (χ4n) is 8.42. The van der Waals surface area contributed by atoms with Crippen molar-refractivity contribution < 1.29 is 13.2 Å². The molecule has 0 spiro atoms. The van der Waals surface area contributed by atoms with Crippen molar-refractivity contribution in [3.8, 4) is 50.8 Å². The van der Waals surface area contributed by atoms with Gasteiger partial charge in [0.15, 0.2) is 0 Å². The molecule has 0 amide bonds. The molecule has 2 aromatic heterocycles. The Morgan fingerprint density at radius 1 is 0.439 bits per heavy atom. The van der Waals surface area contributed by atoms with Crippen molar-refractivity contribution in [3.05, 3.63) is 193 Å². The monoisotopic (exact) mass is 743 g/mol. The lowest BCUT2D eigenvalue weighted by molar-refractivity contribution is -0.137. The Morgan fingerprint density at radius 3 is 1.53 bits per heavy atom. The summed E-state index contributed by atoms with van der Waals surface area (Å²) in [4.78, 5) is 0. The summed E-state index contributed by atoms with van der Waals surface area (Å²) in [6, 6.07) is 58.5. The van der Waals surface area contributed by atoms with E-state index in [1.807, 2.05) is 88.0 Å². The highest BCUT2D eigenvalue weighted by Gasteiger charge is 2.34. The van der Waals surface area contributed by atoms with Crippen LogP contribution in [-0.2, 0) is 6.18 Å². The first kappa shape index (κ1) is 34.2. The van der Waals surface area contributed by atoms with Gasteiger partial charge in [0.05, 0.1) is 44.6 Å². The van der Waals surface area contributed by atoms with Gasteiger partial charge < -0.3 is 9.13 Å². The lowest BCUT2D eigenvalue weighted by atomic mass is 9.95. The standard InChI is InChI=1S/C51H32F3N3/c1-32-19-21-34(22-20-32)36-24-25-47-41(28-36)39-14-6-9-17-45(39)56(47)49-30-43(38-13-5-8-16-44(38)51(52,53)54)50(29-37(49)31-55)57-46-18-10-7-15-40(46)42-27-35(23-26-48(42)57)33-11-3-2-4-12-33/h2-30H,1H3. The van der Waals surface area contributed by atoms with Gasteiger partial charge >= 0.3 is 6.18 Å². The molecule has 0 unspecified atom stereocenters. The number of rotatable bonds is 5. The number of para-hydroxylation sites is 2. The molecule has 0 aliphatic carbocycles. The molecule has 0 atom stereocenters.